The molecule has 0 heterocycles. The Morgan fingerprint density at radius 3 is 2.64 bits per heavy atom. The van der Waals surface area contributed by atoms with Crippen molar-refractivity contribution in [1.82, 2.24) is 0 Å². The van der Waals surface area contributed by atoms with Crippen molar-refractivity contribution in [2.45, 2.75) is 6.42 Å². The molecule has 3 N–H and O–H groups in total. The van der Waals surface area contributed by atoms with Crippen LogP contribution < -0.4 is 5.73 Å². The zero-order valence-electron chi connectivity index (χ0n) is 6.16. The summed E-state index contributed by atoms with van der Waals surface area (Å²) in [6.45, 7) is 0.184. The molecular formula is C8H12ClNO. The minimum atomic E-state index is 0. The lowest BCUT2D eigenvalue weighted by molar-refractivity contribution is 0.299. The molecular weight excluding hydrogens is 162 g/mol. The van der Waals surface area contributed by atoms with Gasteiger partial charge in [0.1, 0.15) is 0 Å². The maximum absolute atomic E-state index is 8.57. The Bertz CT molecular complexity index is 215. The highest BCUT2D eigenvalue weighted by Gasteiger charge is 1.89. The summed E-state index contributed by atoms with van der Waals surface area (Å²) in [7, 11) is 0. The molecule has 11 heavy (non-hydrogen) atoms. The highest BCUT2D eigenvalue weighted by atomic mass is 35.5. The summed E-state index contributed by atoms with van der Waals surface area (Å²) < 4.78 is 0. The Hall–Kier alpha value is -0.730. The van der Waals surface area contributed by atoms with E-state index in [4.69, 9.17) is 10.8 Å². The number of nitrogens with two attached hydrogens (primary N) is 1. The second-order valence-electron chi connectivity index (χ2n) is 2.22. The smallest absolute Gasteiger partial charge is 0.0471 e. The van der Waals surface area contributed by atoms with E-state index in [1.807, 2.05) is 24.3 Å². The van der Waals surface area contributed by atoms with E-state index in [-0.39, 0.29) is 19.0 Å². The molecule has 1 rings (SSSR count). The number of nitrogen functional groups attached to an aromatic ring is 1. The van der Waals surface area contributed by atoms with Gasteiger partial charge in [-0.25, -0.2) is 0 Å². The molecule has 0 aliphatic rings. The fraction of sp³-hybridized carbons (Fsp3) is 0.250. The van der Waals surface area contributed by atoms with Gasteiger partial charge >= 0.3 is 0 Å². The van der Waals surface area contributed by atoms with Crippen LogP contribution in [0.1, 0.15) is 5.56 Å². The molecule has 0 bridgehead atoms. The Balaban J connectivity index is 0.000001000. The van der Waals surface area contributed by atoms with Crippen LogP contribution >= 0.6 is 12.4 Å². The van der Waals surface area contributed by atoms with Gasteiger partial charge in [0.05, 0.1) is 0 Å². The fourth-order valence-electron chi connectivity index (χ4n) is 0.878. The molecule has 1 aromatic carbocycles. The van der Waals surface area contributed by atoms with E-state index in [9.17, 15) is 0 Å². The van der Waals surface area contributed by atoms with Crippen LogP contribution in [-0.4, -0.2) is 11.7 Å². The van der Waals surface area contributed by atoms with Crippen LogP contribution in [-0.2, 0) is 6.42 Å². The summed E-state index contributed by atoms with van der Waals surface area (Å²) in [4.78, 5) is 0. The van der Waals surface area contributed by atoms with Gasteiger partial charge < -0.3 is 10.8 Å². The number of aliphatic hydroxyl groups is 1. The normalized spacial score (nSPS) is 8.82. The summed E-state index contributed by atoms with van der Waals surface area (Å²) in [5, 5.41) is 8.57. The molecule has 0 saturated heterocycles. The van der Waals surface area contributed by atoms with Gasteiger partial charge in [-0.2, -0.15) is 0 Å². The minimum Gasteiger partial charge on any atom is -0.399 e. The van der Waals surface area contributed by atoms with Gasteiger partial charge in [0.15, 0.2) is 0 Å². The van der Waals surface area contributed by atoms with Gasteiger partial charge in [-0.1, -0.05) is 12.1 Å². The van der Waals surface area contributed by atoms with Gasteiger partial charge in [0.25, 0.3) is 0 Å². The predicted molar refractivity (Wildman–Crippen MR) is 48.9 cm³/mol. The Labute approximate surface area is 72.4 Å². The van der Waals surface area contributed by atoms with Crippen molar-refractivity contribution < 1.29 is 5.11 Å². The maximum Gasteiger partial charge on any atom is 0.0471 e. The molecule has 3 heteroatoms. The van der Waals surface area contributed by atoms with Gasteiger partial charge in [-0.3, -0.25) is 0 Å². The van der Waals surface area contributed by atoms with Gasteiger partial charge in [0, 0.05) is 12.3 Å². The van der Waals surface area contributed by atoms with Gasteiger partial charge in [-0.15, -0.1) is 12.4 Å². The van der Waals surface area contributed by atoms with Crippen molar-refractivity contribution in [3.63, 3.8) is 0 Å². The molecule has 0 atom stereocenters. The Morgan fingerprint density at radius 2 is 2.09 bits per heavy atom. The lowest BCUT2D eigenvalue weighted by Gasteiger charge is -1.97. The number of hydrogen-bond donors (Lipinski definition) is 2. The molecule has 0 aliphatic heterocycles. The lowest BCUT2D eigenvalue weighted by Crippen LogP contribution is -1.91. The third-order valence-electron chi connectivity index (χ3n) is 1.35. The summed E-state index contributed by atoms with van der Waals surface area (Å²) in [5.41, 5.74) is 7.35. The van der Waals surface area contributed by atoms with Crippen LogP contribution in [0.25, 0.3) is 0 Å². The van der Waals surface area contributed by atoms with E-state index in [1.54, 1.807) is 0 Å². The van der Waals surface area contributed by atoms with Crippen LogP contribution in [0.4, 0.5) is 5.69 Å². The van der Waals surface area contributed by atoms with Crippen LogP contribution in [0.5, 0.6) is 0 Å². The molecule has 0 aliphatic carbocycles. The first-order valence-electron chi connectivity index (χ1n) is 3.28. The van der Waals surface area contributed by atoms with E-state index in [2.05, 4.69) is 0 Å². The van der Waals surface area contributed by atoms with Gasteiger partial charge in [0.2, 0.25) is 0 Å². The monoisotopic (exact) mass is 173 g/mol. The largest absolute Gasteiger partial charge is 0.399 e. The number of rotatable bonds is 2. The lowest BCUT2D eigenvalue weighted by atomic mass is 10.1. The van der Waals surface area contributed by atoms with Crippen molar-refractivity contribution in [3.05, 3.63) is 29.8 Å². The number of anilines is 1. The third-order valence-corrected chi connectivity index (χ3v) is 1.35. The Kier molecular flexibility index (Phi) is 4.66. The van der Waals surface area contributed by atoms with Crippen molar-refractivity contribution in [2.75, 3.05) is 12.3 Å². The topological polar surface area (TPSA) is 46.2 Å². The van der Waals surface area contributed by atoms with Crippen LogP contribution in [0, 0.1) is 0 Å². The van der Waals surface area contributed by atoms with E-state index >= 15 is 0 Å². The second kappa shape index (κ2) is 4.99. The fourth-order valence-corrected chi connectivity index (χ4v) is 0.878. The average Bonchev–Trinajstić information content (AvgIpc) is 1.88. The predicted octanol–water partition coefficient (Wildman–Crippen LogP) is 1.23. The first-order valence-corrected chi connectivity index (χ1v) is 3.28. The first kappa shape index (κ1) is 10.3. The van der Waals surface area contributed by atoms with Crippen LogP contribution in [0.15, 0.2) is 24.3 Å². The molecule has 0 radical (unpaired) electrons. The van der Waals surface area contributed by atoms with Crippen molar-refractivity contribution >= 4 is 18.1 Å². The van der Waals surface area contributed by atoms with Crippen molar-refractivity contribution in [1.29, 1.82) is 0 Å². The molecule has 1 aromatic rings. The number of aliphatic hydroxyl groups excluding tert-OH is 1. The molecule has 0 aromatic heterocycles. The average molecular weight is 174 g/mol. The van der Waals surface area contributed by atoms with Crippen LogP contribution in [0.2, 0.25) is 0 Å². The zero-order valence-corrected chi connectivity index (χ0v) is 6.97. The molecule has 2 nitrogen and oxygen atoms in total. The van der Waals surface area contributed by atoms with E-state index in [0.717, 1.165) is 11.3 Å². The summed E-state index contributed by atoms with van der Waals surface area (Å²) >= 11 is 0. The second-order valence-corrected chi connectivity index (χ2v) is 2.22. The standard InChI is InChI=1S/C8H11NO.ClH/c9-8-3-1-2-7(6-8)4-5-10;/h1-3,6,10H,4-5,9H2;1H. The molecule has 62 valence electrons. The molecule has 0 saturated carbocycles. The Morgan fingerprint density at radius 1 is 1.36 bits per heavy atom. The van der Waals surface area contributed by atoms with Crippen LogP contribution in [0.3, 0.4) is 0 Å². The number of hydrogen-bond acceptors (Lipinski definition) is 2. The summed E-state index contributed by atoms with van der Waals surface area (Å²) in [6, 6.07) is 7.55. The molecule has 0 spiro atoms. The first-order chi connectivity index (χ1) is 4.83. The zero-order chi connectivity index (χ0) is 7.40. The molecule has 0 amide bonds. The van der Waals surface area contributed by atoms with Gasteiger partial charge in [-0.05, 0) is 24.1 Å². The highest BCUT2D eigenvalue weighted by Crippen LogP contribution is 2.06. The molecule has 0 unspecified atom stereocenters. The molecule has 0 fully saturated rings. The SMILES string of the molecule is Cl.Nc1cccc(CCO)c1. The number of benzene rings is 1. The quantitative estimate of drug-likeness (QED) is 0.661. The van der Waals surface area contributed by atoms with E-state index < -0.39 is 0 Å². The van der Waals surface area contributed by atoms with Crippen molar-refractivity contribution in [3.8, 4) is 0 Å². The van der Waals surface area contributed by atoms with Crippen molar-refractivity contribution in [2.24, 2.45) is 0 Å². The summed E-state index contributed by atoms with van der Waals surface area (Å²) in [5.74, 6) is 0. The summed E-state index contributed by atoms with van der Waals surface area (Å²) in [6.07, 6.45) is 0.686. The van der Waals surface area contributed by atoms with E-state index in [1.165, 1.54) is 0 Å². The van der Waals surface area contributed by atoms with E-state index in [0.29, 0.717) is 6.42 Å². The highest BCUT2D eigenvalue weighted by molar-refractivity contribution is 5.85. The minimum absolute atomic E-state index is 0. The maximum atomic E-state index is 8.57. The third kappa shape index (κ3) is 3.25. The number of halogens is 1.